The lowest BCUT2D eigenvalue weighted by molar-refractivity contribution is -0.133. The molecule has 15 heavy (non-hydrogen) atoms. The summed E-state index contributed by atoms with van der Waals surface area (Å²) < 4.78 is 0. The van der Waals surface area contributed by atoms with Crippen LogP contribution < -0.4 is 0 Å². The summed E-state index contributed by atoms with van der Waals surface area (Å²) >= 11 is 3.42. The molecule has 0 bridgehead atoms. The molecule has 0 aliphatic rings. The van der Waals surface area contributed by atoms with E-state index in [-0.39, 0.29) is 17.1 Å². The fourth-order valence-electron chi connectivity index (χ4n) is 0.654. The molecule has 0 heterocycles. The predicted molar refractivity (Wildman–Crippen MR) is 56.6 cm³/mol. The second-order valence-corrected chi connectivity index (χ2v) is 2.69. The zero-order valence-corrected chi connectivity index (χ0v) is 8.52. The molecule has 0 amide bonds. The Morgan fingerprint density at radius 2 is 1.67 bits per heavy atom. The van der Waals surface area contributed by atoms with Gasteiger partial charge in [0, 0.05) is 0 Å². The summed E-state index contributed by atoms with van der Waals surface area (Å²) in [7, 11) is 0. The Kier molecular flexibility index (Phi) is 5.96. The van der Waals surface area contributed by atoms with Crippen LogP contribution in [0, 0.1) is 0 Å². The molecule has 0 aliphatic carbocycles. The van der Waals surface area contributed by atoms with Crippen LogP contribution in [0.15, 0.2) is 24.3 Å². The number of aliphatic carboxylic acids is 1. The van der Waals surface area contributed by atoms with Crippen molar-refractivity contribution in [1.82, 2.24) is 0 Å². The number of rotatable bonds is 2. The molecule has 0 saturated carbocycles. The Morgan fingerprint density at radius 3 is 1.93 bits per heavy atom. The first-order chi connectivity index (χ1) is 6.99. The molecule has 6 heteroatoms. The quantitative estimate of drug-likeness (QED) is 0.570. The number of carboxylic acids is 2. The van der Waals surface area contributed by atoms with E-state index in [0.29, 0.717) is 0 Å². The van der Waals surface area contributed by atoms with Gasteiger partial charge in [-0.3, -0.25) is 4.79 Å². The summed E-state index contributed by atoms with van der Waals surface area (Å²) in [5.74, 6) is -2.28. The summed E-state index contributed by atoms with van der Waals surface area (Å²) in [4.78, 5) is 19.6. The smallest absolute Gasteiger partial charge is 0.339 e. The number of benzene rings is 1. The summed E-state index contributed by atoms with van der Waals surface area (Å²) in [6.45, 7) is 0. The maximum Gasteiger partial charge on any atom is 0.339 e. The number of carbonyl (C=O) groups is 2. The Morgan fingerprint density at radius 1 is 1.20 bits per heavy atom. The molecule has 0 aliphatic heterocycles. The molecular formula is C9H10O5S. The molecular weight excluding hydrogens is 220 g/mol. The zero-order chi connectivity index (χ0) is 11.8. The van der Waals surface area contributed by atoms with E-state index in [1.165, 1.54) is 12.1 Å². The molecule has 1 rings (SSSR count). The number of carboxylic acid groups (broad SMARTS) is 2. The second-order valence-electron chi connectivity index (χ2n) is 2.37. The SMILES string of the molecule is O=C(O)CS.O=C(O)c1ccccc1O. The average Bonchev–Trinajstić information content (AvgIpc) is 2.19. The number of para-hydroxylation sites is 1. The van der Waals surface area contributed by atoms with Gasteiger partial charge in [-0.15, -0.1) is 0 Å². The Balaban J connectivity index is 0.000000336. The zero-order valence-electron chi connectivity index (χ0n) is 7.62. The van der Waals surface area contributed by atoms with Gasteiger partial charge in [0.05, 0.1) is 5.75 Å². The minimum absolute atomic E-state index is 0.0671. The van der Waals surface area contributed by atoms with Crippen LogP contribution in [0.5, 0.6) is 5.75 Å². The summed E-state index contributed by atoms with van der Waals surface area (Å²) in [5, 5.41) is 25.0. The molecule has 0 saturated heterocycles. The van der Waals surface area contributed by atoms with Crippen LogP contribution in [0.4, 0.5) is 0 Å². The summed E-state index contributed by atoms with van der Waals surface area (Å²) in [6, 6.07) is 5.81. The fraction of sp³-hybridized carbons (Fsp3) is 0.111. The van der Waals surface area contributed by atoms with Crippen LogP contribution in [0.3, 0.4) is 0 Å². The minimum atomic E-state index is -1.11. The van der Waals surface area contributed by atoms with Crippen molar-refractivity contribution in [2.24, 2.45) is 0 Å². The average molecular weight is 230 g/mol. The highest BCUT2D eigenvalue weighted by molar-refractivity contribution is 7.81. The first-order valence-corrected chi connectivity index (χ1v) is 4.46. The number of hydrogen-bond acceptors (Lipinski definition) is 4. The second kappa shape index (κ2) is 6.72. The van der Waals surface area contributed by atoms with E-state index in [1.807, 2.05) is 0 Å². The van der Waals surface area contributed by atoms with Crippen LogP contribution in [-0.4, -0.2) is 33.0 Å². The third-order valence-corrected chi connectivity index (χ3v) is 1.54. The van der Waals surface area contributed by atoms with Crippen molar-refractivity contribution in [1.29, 1.82) is 0 Å². The molecule has 1 aromatic carbocycles. The normalized spacial score (nSPS) is 8.60. The van der Waals surface area contributed by atoms with Crippen LogP contribution in [0.25, 0.3) is 0 Å². The minimum Gasteiger partial charge on any atom is -0.507 e. The molecule has 82 valence electrons. The molecule has 0 aromatic heterocycles. The van der Waals surface area contributed by atoms with Gasteiger partial charge in [0.15, 0.2) is 0 Å². The van der Waals surface area contributed by atoms with Gasteiger partial charge in [-0.05, 0) is 12.1 Å². The van der Waals surface area contributed by atoms with Crippen LogP contribution in [0.2, 0.25) is 0 Å². The molecule has 0 radical (unpaired) electrons. The first-order valence-electron chi connectivity index (χ1n) is 3.83. The van der Waals surface area contributed by atoms with E-state index in [4.69, 9.17) is 15.3 Å². The lowest BCUT2D eigenvalue weighted by Gasteiger charge is -1.95. The van der Waals surface area contributed by atoms with Gasteiger partial charge in [-0.2, -0.15) is 12.6 Å². The van der Waals surface area contributed by atoms with Crippen molar-refractivity contribution in [3.8, 4) is 5.75 Å². The van der Waals surface area contributed by atoms with Crippen LogP contribution in [0.1, 0.15) is 10.4 Å². The molecule has 0 unspecified atom stereocenters. The number of aromatic hydroxyl groups is 1. The maximum absolute atomic E-state index is 10.3. The highest BCUT2D eigenvalue weighted by Gasteiger charge is 2.05. The molecule has 0 atom stereocenters. The summed E-state index contributed by atoms with van der Waals surface area (Å²) in [6.07, 6.45) is 0. The number of phenols is 1. The maximum atomic E-state index is 10.3. The topological polar surface area (TPSA) is 94.8 Å². The van der Waals surface area contributed by atoms with Gasteiger partial charge in [0.1, 0.15) is 11.3 Å². The molecule has 5 nitrogen and oxygen atoms in total. The van der Waals surface area contributed by atoms with E-state index in [1.54, 1.807) is 12.1 Å². The van der Waals surface area contributed by atoms with Crippen LogP contribution >= 0.6 is 12.6 Å². The third-order valence-electron chi connectivity index (χ3n) is 1.27. The molecule has 0 fully saturated rings. The lowest BCUT2D eigenvalue weighted by atomic mass is 10.2. The largest absolute Gasteiger partial charge is 0.507 e. The molecule has 0 spiro atoms. The van der Waals surface area contributed by atoms with Gasteiger partial charge in [-0.25, -0.2) is 4.79 Å². The van der Waals surface area contributed by atoms with Gasteiger partial charge < -0.3 is 15.3 Å². The van der Waals surface area contributed by atoms with E-state index in [2.05, 4.69) is 12.6 Å². The van der Waals surface area contributed by atoms with Gasteiger partial charge in [0.2, 0.25) is 0 Å². The van der Waals surface area contributed by atoms with E-state index < -0.39 is 11.9 Å². The van der Waals surface area contributed by atoms with Crippen molar-refractivity contribution in [3.63, 3.8) is 0 Å². The molecule has 1 aromatic rings. The van der Waals surface area contributed by atoms with Crippen molar-refractivity contribution in [2.45, 2.75) is 0 Å². The van der Waals surface area contributed by atoms with Gasteiger partial charge in [-0.1, -0.05) is 12.1 Å². The van der Waals surface area contributed by atoms with E-state index in [0.717, 1.165) is 0 Å². The number of thiol groups is 1. The van der Waals surface area contributed by atoms with Crippen molar-refractivity contribution in [2.75, 3.05) is 5.75 Å². The third kappa shape index (κ3) is 5.58. The highest BCUT2D eigenvalue weighted by Crippen LogP contribution is 2.14. The monoisotopic (exact) mass is 230 g/mol. The van der Waals surface area contributed by atoms with Crippen molar-refractivity contribution >= 4 is 24.6 Å². The predicted octanol–water partition coefficient (Wildman–Crippen LogP) is 1.09. The highest BCUT2D eigenvalue weighted by atomic mass is 32.1. The number of hydrogen-bond donors (Lipinski definition) is 4. The van der Waals surface area contributed by atoms with E-state index >= 15 is 0 Å². The summed E-state index contributed by atoms with van der Waals surface area (Å²) in [5.41, 5.74) is -0.0671. The fourth-order valence-corrected chi connectivity index (χ4v) is 0.654. The van der Waals surface area contributed by atoms with Crippen molar-refractivity contribution < 1.29 is 24.9 Å². The van der Waals surface area contributed by atoms with Gasteiger partial charge >= 0.3 is 11.9 Å². The Hall–Kier alpha value is -1.69. The van der Waals surface area contributed by atoms with E-state index in [9.17, 15) is 9.59 Å². The molecule has 3 N–H and O–H groups in total. The Labute approximate surface area is 91.4 Å². The van der Waals surface area contributed by atoms with Gasteiger partial charge in [0.25, 0.3) is 0 Å². The standard InChI is InChI=1S/C7H6O3.C2H4O2S/c8-6-4-2-1-3-5(6)7(9)10;3-2(4)1-5/h1-4,8H,(H,9,10);5H,1H2,(H,3,4). The van der Waals surface area contributed by atoms with Crippen molar-refractivity contribution in [3.05, 3.63) is 29.8 Å². The lowest BCUT2D eigenvalue weighted by Crippen LogP contribution is -1.95. The number of aromatic carboxylic acids is 1. The van der Waals surface area contributed by atoms with Crippen LogP contribution in [-0.2, 0) is 4.79 Å². The Bertz CT molecular complexity index is 350. The first kappa shape index (κ1) is 13.3.